The molecular formula is C13H20N2O4. The zero-order chi connectivity index (χ0) is 14.5. The number of aromatic nitrogens is 1. The van der Waals surface area contributed by atoms with E-state index in [9.17, 15) is 9.59 Å². The van der Waals surface area contributed by atoms with E-state index in [-0.39, 0.29) is 0 Å². The minimum atomic E-state index is -1.07. The highest BCUT2D eigenvalue weighted by atomic mass is 16.6. The second-order valence-corrected chi connectivity index (χ2v) is 5.25. The molecule has 6 nitrogen and oxygen atoms in total. The summed E-state index contributed by atoms with van der Waals surface area (Å²) < 4.78 is 6.89. The Morgan fingerprint density at radius 3 is 2.37 bits per heavy atom. The molecule has 6 heteroatoms. The third-order valence-electron chi connectivity index (χ3n) is 2.33. The zero-order valence-corrected chi connectivity index (χ0v) is 11.4. The quantitative estimate of drug-likeness (QED) is 0.854. The van der Waals surface area contributed by atoms with Gasteiger partial charge in [0.2, 0.25) is 0 Å². The number of ether oxygens (including phenoxy) is 1. The summed E-state index contributed by atoms with van der Waals surface area (Å²) in [6, 6.07) is 2.76. The molecule has 0 bridgehead atoms. The first kappa shape index (κ1) is 15.1. The standard InChI is InChI=1S/C13H20N2O4/c1-13(2,3)19-12(18)14-10(11(16)17)6-9-15-7-4-5-8-15/h4-5,7-8,10H,6,9H2,1-3H3,(H,14,18)(H,16,17). The lowest BCUT2D eigenvalue weighted by Crippen LogP contribution is -2.43. The van der Waals surface area contributed by atoms with E-state index in [1.54, 1.807) is 20.8 Å². The van der Waals surface area contributed by atoms with E-state index >= 15 is 0 Å². The first-order valence-electron chi connectivity index (χ1n) is 6.11. The Labute approximate surface area is 112 Å². The van der Waals surface area contributed by atoms with Crippen LogP contribution in [0.25, 0.3) is 0 Å². The molecule has 0 aliphatic carbocycles. The van der Waals surface area contributed by atoms with Crippen LogP contribution in [0, 0.1) is 0 Å². The Hall–Kier alpha value is -1.98. The Morgan fingerprint density at radius 1 is 1.32 bits per heavy atom. The second kappa shape index (κ2) is 6.26. The van der Waals surface area contributed by atoms with Gasteiger partial charge in [-0.3, -0.25) is 0 Å². The highest BCUT2D eigenvalue weighted by Crippen LogP contribution is 2.07. The van der Waals surface area contributed by atoms with Crippen molar-refractivity contribution in [2.45, 2.75) is 45.4 Å². The topological polar surface area (TPSA) is 80.6 Å². The Morgan fingerprint density at radius 2 is 1.89 bits per heavy atom. The van der Waals surface area contributed by atoms with Crippen molar-refractivity contribution in [2.24, 2.45) is 0 Å². The summed E-state index contributed by atoms with van der Waals surface area (Å²) in [7, 11) is 0. The zero-order valence-electron chi connectivity index (χ0n) is 11.4. The van der Waals surface area contributed by atoms with Gasteiger partial charge < -0.3 is 19.7 Å². The van der Waals surface area contributed by atoms with Gasteiger partial charge in [0.15, 0.2) is 0 Å². The van der Waals surface area contributed by atoms with Gasteiger partial charge in [0.25, 0.3) is 0 Å². The van der Waals surface area contributed by atoms with Crippen molar-refractivity contribution < 1.29 is 19.4 Å². The number of nitrogens with one attached hydrogen (secondary N) is 1. The van der Waals surface area contributed by atoms with E-state index in [1.165, 1.54) is 0 Å². The number of hydrogen-bond acceptors (Lipinski definition) is 3. The number of rotatable bonds is 5. The van der Waals surface area contributed by atoms with Gasteiger partial charge in [-0.05, 0) is 39.3 Å². The van der Waals surface area contributed by atoms with E-state index in [1.807, 2.05) is 29.1 Å². The van der Waals surface area contributed by atoms with Crippen LogP contribution < -0.4 is 5.32 Å². The van der Waals surface area contributed by atoms with Gasteiger partial charge in [-0.15, -0.1) is 0 Å². The smallest absolute Gasteiger partial charge is 0.408 e. The summed E-state index contributed by atoms with van der Waals surface area (Å²) in [5.41, 5.74) is -0.645. The van der Waals surface area contributed by atoms with Crippen molar-refractivity contribution in [1.29, 1.82) is 0 Å². The molecule has 0 aromatic carbocycles. The number of carbonyl (C=O) groups excluding carboxylic acids is 1. The van der Waals surface area contributed by atoms with Gasteiger partial charge in [-0.2, -0.15) is 0 Å². The Kier molecular flexibility index (Phi) is 4.97. The maximum Gasteiger partial charge on any atom is 0.408 e. The molecule has 1 atom stereocenters. The summed E-state index contributed by atoms with van der Waals surface area (Å²) >= 11 is 0. The number of alkyl carbamates (subject to hydrolysis) is 1. The molecule has 1 amide bonds. The average molecular weight is 268 g/mol. The van der Waals surface area contributed by atoms with Crippen LogP contribution in [0.2, 0.25) is 0 Å². The molecule has 106 valence electrons. The van der Waals surface area contributed by atoms with Crippen molar-refractivity contribution in [3.8, 4) is 0 Å². The summed E-state index contributed by atoms with van der Waals surface area (Å²) in [5, 5.41) is 11.4. The van der Waals surface area contributed by atoms with Gasteiger partial charge in [0, 0.05) is 18.9 Å². The number of aliphatic carboxylic acids is 1. The predicted molar refractivity (Wildman–Crippen MR) is 69.8 cm³/mol. The van der Waals surface area contributed by atoms with Crippen molar-refractivity contribution in [3.63, 3.8) is 0 Å². The maximum absolute atomic E-state index is 11.5. The molecule has 19 heavy (non-hydrogen) atoms. The van der Waals surface area contributed by atoms with Crippen LogP contribution in [0.1, 0.15) is 27.2 Å². The van der Waals surface area contributed by atoms with Crippen molar-refractivity contribution in [1.82, 2.24) is 9.88 Å². The normalized spacial score (nSPS) is 12.8. The lowest BCUT2D eigenvalue weighted by atomic mass is 10.2. The molecule has 2 N–H and O–H groups in total. The van der Waals surface area contributed by atoms with Crippen LogP contribution in [-0.4, -0.2) is 33.4 Å². The molecule has 0 spiro atoms. The number of carboxylic acid groups (broad SMARTS) is 1. The van der Waals surface area contributed by atoms with Gasteiger partial charge >= 0.3 is 12.1 Å². The molecule has 1 rings (SSSR count). The average Bonchev–Trinajstić information content (AvgIpc) is 2.73. The molecule has 0 saturated carbocycles. The lowest BCUT2D eigenvalue weighted by Gasteiger charge is -2.22. The fraction of sp³-hybridized carbons (Fsp3) is 0.538. The number of nitrogens with zero attached hydrogens (tertiary/aromatic N) is 1. The third kappa shape index (κ3) is 5.94. The summed E-state index contributed by atoms with van der Waals surface area (Å²) in [6.45, 7) is 5.69. The van der Waals surface area contributed by atoms with Crippen molar-refractivity contribution in [2.75, 3.05) is 0 Å². The molecule has 1 aromatic rings. The van der Waals surface area contributed by atoms with Crippen LogP contribution in [-0.2, 0) is 16.1 Å². The maximum atomic E-state index is 11.5. The highest BCUT2D eigenvalue weighted by molar-refractivity contribution is 5.79. The van der Waals surface area contributed by atoms with Crippen LogP contribution in [0.15, 0.2) is 24.5 Å². The molecule has 1 heterocycles. The largest absolute Gasteiger partial charge is 0.480 e. The van der Waals surface area contributed by atoms with Crippen LogP contribution in [0.4, 0.5) is 4.79 Å². The van der Waals surface area contributed by atoms with E-state index in [0.29, 0.717) is 13.0 Å². The third-order valence-corrected chi connectivity index (χ3v) is 2.33. The fourth-order valence-corrected chi connectivity index (χ4v) is 1.50. The van der Waals surface area contributed by atoms with Crippen molar-refractivity contribution in [3.05, 3.63) is 24.5 Å². The van der Waals surface area contributed by atoms with Gasteiger partial charge in [-0.1, -0.05) is 0 Å². The lowest BCUT2D eigenvalue weighted by molar-refractivity contribution is -0.139. The SMILES string of the molecule is CC(C)(C)OC(=O)NC(CCn1cccc1)C(=O)O. The van der Waals surface area contributed by atoms with Crippen LogP contribution >= 0.6 is 0 Å². The molecule has 1 aromatic heterocycles. The number of hydrogen-bond donors (Lipinski definition) is 2. The number of carbonyl (C=O) groups is 2. The minimum Gasteiger partial charge on any atom is -0.480 e. The number of amides is 1. The molecule has 0 aliphatic heterocycles. The molecule has 0 fully saturated rings. The van der Waals surface area contributed by atoms with E-state index < -0.39 is 23.7 Å². The molecule has 0 saturated heterocycles. The number of carboxylic acids is 1. The van der Waals surface area contributed by atoms with E-state index in [4.69, 9.17) is 9.84 Å². The summed E-state index contributed by atoms with van der Waals surface area (Å²) in [5.74, 6) is -1.07. The second-order valence-electron chi connectivity index (χ2n) is 5.25. The van der Waals surface area contributed by atoms with Gasteiger partial charge in [0.1, 0.15) is 11.6 Å². The van der Waals surface area contributed by atoms with Crippen molar-refractivity contribution >= 4 is 12.1 Å². The van der Waals surface area contributed by atoms with Gasteiger partial charge in [-0.25, -0.2) is 9.59 Å². The van der Waals surface area contributed by atoms with E-state index in [0.717, 1.165) is 0 Å². The van der Waals surface area contributed by atoms with Gasteiger partial charge in [0.05, 0.1) is 0 Å². The minimum absolute atomic E-state index is 0.295. The predicted octanol–water partition coefficient (Wildman–Crippen LogP) is 1.86. The van der Waals surface area contributed by atoms with Crippen LogP contribution in [0.3, 0.4) is 0 Å². The Balaban J connectivity index is 2.49. The fourth-order valence-electron chi connectivity index (χ4n) is 1.50. The molecule has 0 aliphatic rings. The summed E-state index contributed by atoms with van der Waals surface area (Å²) in [6.07, 6.45) is 3.26. The first-order chi connectivity index (χ1) is 8.78. The van der Waals surface area contributed by atoms with Crippen LogP contribution in [0.5, 0.6) is 0 Å². The molecular weight excluding hydrogens is 248 g/mol. The molecule has 0 radical (unpaired) electrons. The highest BCUT2D eigenvalue weighted by Gasteiger charge is 2.23. The first-order valence-corrected chi connectivity index (χ1v) is 6.11. The Bertz CT molecular complexity index is 420. The molecule has 1 unspecified atom stereocenters. The van der Waals surface area contributed by atoms with E-state index in [2.05, 4.69) is 5.32 Å². The number of aryl methyl sites for hydroxylation is 1. The summed E-state index contributed by atoms with van der Waals surface area (Å²) in [4.78, 5) is 22.6. The monoisotopic (exact) mass is 268 g/mol.